The van der Waals surface area contributed by atoms with Gasteiger partial charge < -0.3 is 34.5 Å². The molecule has 3 heterocycles. The Kier molecular flexibility index (Phi) is 10.7. The summed E-state index contributed by atoms with van der Waals surface area (Å²) in [5.41, 5.74) is -2.42. The van der Waals surface area contributed by atoms with Crippen molar-refractivity contribution in [1.29, 1.82) is 0 Å². The number of ether oxygens (including phenoxy) is 4. The molecule has 2 saturated carbocycles. The van der Waals surface area contributed by atoms with Crippen molar-refractivity contribution in [2.24, 2.45) is 5.92 Å². The number of carbonyl (C=O) groups is 4. The maximum absolute atomic E-state index is 14.7. The number of aromatic nitrogens is 1. The zero-order valence-corrected chi connectivity index (χ0v) is 32.7. The molecule has 1 aromatic heterocycles. The quantitative estimate of drug-likeness (QED) is 0.350. The van der Waals surface area contributed by atoms with Gasteiger partial charge in [-0.1, -0.05) is 12.2 Å². The van der Waals surface area contributed by atoms with Crippen LogP contribution in [0.1, 0.15) is 80.1 Å². The topological polar surface area (TPSA) is 192 Å². The third-order valence-electron chi connectivity index (χ3n) is 10.6. The molecule has 54 heavy (non-hydrogen) atoms. The van der Waals surface area contributed by atoms with Crippen LogP contribution in [0.3, 0.4) is 0 Å². The van der Waals surface area contributed by atoms with Crippen molar-refractivity contribution >= 4 is 44.6 Å². The van der Waals surface area contributed by atoms with E-state index in [1.165, 1.54) is 4.90 Å². The van der Waals surface area contributed by atoms with Gasteiger partial charge in [0.15, 0.2) is 0 Å². The van der Waals surface area contributed by atoms with Crippen LogP contribution in [0.25, 0.3) is 10.8 Å². The van der Waals surface area contributed by atoms with E-state index in [-0.39, 0.29) is 31.4 Å². The predicted octanol–water partition coefficient (Wildman–Crippen LogP) is 3.50. The number of allylic oxidation sites excluding steroid dienone is 1. The van der Waals surface area contributed by atoms with Crippen LogP contribution in [0.15, 0.2) is 42.6 Å². The first-order valence-electron chi connectivity index (χ1n) is 18.4. The number of sulfonamides is 1. The number of nitrogens with one attached hydrogen (secondary N) is 3. The average molecular weight is 770 g/mol. The molecule has 6 rings (SSSR count). The first-order chi connectivity index (χ1) is 25.3. The lowest BCUT2D eigenvalue weighted by Crippen LogP contribution is -2.60. The number of hydrogen-bond donors (Lipinski definition) is 3. The van der Waals surface area contributed by atoms with E-state index >= 15 is 0 Å². The van der Waals surface area contributed by atoms with E-state index in [0.29, 0.717) is 36.8 Å². The summed E-state index contributed by atoms with van der Waals surface area (Å²) < 4.78 is 51.0. The highest BCUT2D eigenvalue weighted by molar-refractivity contribution is 7.91. The van der Waals surface area contributed by atoms with Gasteiger partial charge in [-0.05, 0) is 103 Å². The van der Waals surface area contributed by atoms with Gasteiger partial charge in [0.05, 0.1) is 30.6 Å². The highest BCUT2D eigenvalue weighted by Crippen LogP contribution is 2.47. The van der Waals surface area contributed by atoms with Crippen LogP contribution in [-0.2, 0) is 33.9 Å². The molecule has 0 radical (unpaired) electrons. The highest BCUT2D eigenvalue weighted by Gasteiger charge is 2.63. The first-order valence-corrected chi connectivity index (χ1v) is 19.9. The van der Waals surface area contributed by atoms with E-state index in [2.05, 4.69) is 20.3 Å². The van der Waals surface area contributed by atoms with Gasteiger partial charge in [-0.2, -0.15) is 0 Å². The standard InChI is InChI=1S/C38H51N5O10S/c1-22-10-8-9-11-25-20-38(25,34(46)42-54(48,49)37(6)15-16-37)41-31(44)29-19-27(52-32-28-13-12-26(50-7)18-24(28)14-17-39-32)21-43(29)33(45)30(23(2)51-22)40-35(47)53-36(3,4)5/h9,11-14,17-18,22-23,25,27,29-30H,8,10,15-16,19-21H2,1-7H3,(H,40,47)(H,41,44)(H,42,46). The Balaban J connectivity index is 1.35. The average Bonchev–Trinajstić information content (AvgIpc) is 3.97. The fraction of sp³-hybridized carbons (Fsp3) is 0.605. The molecule has 7 atom stereocenters. The van der Waals surface area contributed by atoms with Gasteiger partial charge in [-0.3, -0.25) is 19.1 Å². The van der Waals surface area contributed by atoms with Crippen LogP contribution in [0, 0.1) is 5.92 Å². The summed E-state index contributed by atoms with van der Waals surface area (Å²) in [7, 11) is -2.44. The number of methoxy groups -OCH3 is 1. The fourth-order valence-corrected chi connectivity index (χ4v) is 8.36. The number of amides is 4. The maximum Gasteiger partial charge on any atom is 0.408 e. The van der Waals surface area contributed by atoms with E-state index in [0.717, 1.165) is 5.39 Å². The van der Waals surface area contributed by atoms with Crippen molar-refractivity contribution < 1.29 is 46.5 Å². The molecule has 0 spiro atoms. The van der Waals surface area contributed by atoms with Crippen LogP contribution < -0.4 is 24.8 Å². The Morgan fingerprint density at radius 2 is 1.87 bits per heavy atom. The Labute approximate surface area is 315 Å². The molecule has 1 aromatic carbocycles. The lowest BCUT2D eigenvalue weighted by Gasteiger charge is -2.33. The summed E-state index contributed by atoms with van der Waals surface area (Å²) in [6, 6.07) is 4.78. The summed E-state index contributed by atoms with van der Waals surface area (Å²) in [5.74, 6) is -1.67. The second kappa shape index (κ2) is 14.7. The summed E-state index contributed by atoms with van der Waals surface area (Å²) in [6.07, 6.45) is 4.65. The van der Waals surface area contributed by atoms with Crippen LogP contribution >= 0.6 is 0 Å². The molecule has 2 aromatic rings. The number of rotatable bonds is 7. The smallest absolute Gasteiger partial charge is 0.408 e. The number of pyridine rings is 1. The SMILES string of the molecule is COc1ccc2c(OC3CC4C(=O)NC5(C(=O)NS(=O)(=O)C6(C)CC6)CC5C=CCCC(C)OC(C)C(NC(=O)OC(C)(C)C)C(=O)N4C3)nccc2c1. The van der Waals surface area contributed by atoms with Crippen LogP contribution in [0.5, 0.6) is 11.6 Å². The zero-order chi connectivity index (χ0) is 39.2. The molecular weight excluding hydrogens is 719 g/mol. The Morgan fingerprint density at radius 3 is 2.56 bits per heavy atom. The molecule has 3 fully saturated rings. The third kappa shape index (κ3) is 8.28. The lowest BCUT2D eigenvalue weighted by atomic mass is 10.1. The second-order valence-corrected chi connectivity index (χ2v) is 18.3. The van der Waals surface area contributed by atoms with Gasteiger partial charge in [0.2, 0.25) is 27.7 Å². The summed E-state index contributed by atoms with van der Waals surface area (Å²) in [6.45, 7) is 10.1. The number of hydrogen-bond acceptors (Lipinski definition) is 11. The van der Waals surface area contributed by atoms with Crippen molar-refractivity contribution in [2.45, 2.75) is 126 Å². The third-order valence-corrected chi connectivity index (χ3v) is 12.8. The predicted molar refractivity (Wildman–Crippen MR) is 198 cm³/mol. The van der Waals surface area contributed by atoms with Crippen LogP contribution in [0.2, 0.25) is 0 Å². The van der Waals surface area contributed by atoms with Gasteiger partial charge >= 0.3 is 6.09 Å². The van der Waals surface area contributed by atoms with Gasteiger partial charge in [-0.15, -0.1) is 0 Å². The highest BCUT2D eigenvalue weighted by atomic mass is 32.2. The van der Waals surface area contributed by atoms with Gasteiger partial charge in [0, 0.05) is 23.9 Å². The van der Waals surface area contributed by atoms with Crippen molar-refractivity contribution in [3.8, 4) is 11.6 Å². The number of nitrogens with zero attached hydrogens (tertiary/aromatic N) is 2. The van der Waals surface area contributed by atoms with E-state index in [9.17, 15) is 27.6 Å². The molecule has 15 nitrogen and oxygen atoms in total. The Morgan fingerprint density at radius 1 is 1.13 bits per heavy atom. The molecule has 2 aliphatic heterocycles. The minimum absolute atomic E-state index is 0.00513. The lowest BCUT2D eigenvalue weighted by molar-refractivity contribution is -0.144. The minimum atomic E-state index is -4.01. The fourth-order valence-electron chi connectivity index (χ4n) is 7.05. The normalized spacial score (nSPS) is 29.8. The van der Waals surface area contributed by atoms with Crippen molar-refractivity contribution in [3.63, 3.8) is 0 Å². The molecule has 4 aliphatic rings. The van der Waals surface area contributed by atoms with Crippen molar-refractivity contribution in [1.82, 2.24) is 25.2 Å². The number of carbonyl (C=O) groups excluding carboxylic acids is 4. The molecule has 4 amide bonds. The summed E-state index contributed by atoms with van der Waals surface area (Å²) in [5, 5.41) is 7.04. The van der Waals surface area contributed by atoms with Crippen LogP contribution in [-0.4, -0.2) is 102 Å². The number of alkyl carbamates (subject to hydrolysis) is 1. The van der Waals surface area contributed by atoms with Crippen molar-refractivity contribution in [3.05, 3.63) is 42.6 Å². The molecule has 2 aliphatic carbocycles. The van der Waals surface area contributed by atoms with E-state index in [4.69, 9.17) is 18.9 Å². The Bertz CT molecular complexity index is 1940. The minimum Gasteiger partial charge on any atom is -0.497 e. The molecule has 294 valence electrons. The maximum atomic E-state index is 14.7. The molecule has 1 saturated heterocycles. The van der Waals surface area contributed by atoms with Crippen LogP contribution in [0.4, 0.5) is 4.79 Å². The number of benzene rings is 1. The molecular formula is C38H51N5O10S. The zero-order valence-electron chi connectivity index (χ0n) is 31.8. The summed E-state index contributed by atoms with van der Waals surface area (Å²) >= 11 is 0. The van der Waals surface area contributed by atoms with Gasteiger partial charge in [-0.25, -0.2) is 18.2 Å². The Hall–Kier alpha value is -4.44. The van der Waals surface area contributed by atoms with E-state index < -0.39 is 79.9 Å². The molecule has 0 bridgehead atoms. The second-order valence-electron chi connectivity index (χ2n) is 16.1. The monoisotopic (exact) mass is 769 g/mol. The van der Waals surface area contributed by atoms with E-state index in [1.54, 1.807) is 54.0 Å². The molecule has 3 N–H and O–H groups in total. The van der Waals surface area contributed by atoms with Gasteiger partial charge in [0.1, 0.15) is 35.1 Å². The first kappa shape index (κ1) is 39.3. The summed E-state index contributed by atoms with van der Waals surface area (Å²) in [4.78, 5) is 61.9. The van der Waals surface area contributed by atoms with Gasteiger partial charge in [0.25, 0.3) is 5.91 Å². The molecule has 7 unspecified atom stereocenters. The van der Waals surface area contributed by atoms with Crippen molar-refractivity contribution in [2.75, 3.05) is 13.7 Å². The largest absolute Gasteiger partial charge is 0.497 e. The number of fused-ring (bicyclic) bond motifs is 3. The molecule has 16 heteroatoms. The van der Waals surface area contributed by atoms with E-state index in [1.807, 2.05) is 37.3 Å².